The molecule has 2 aromatic rings. The number of benzene rings is 2. The van der Waals surface area contributed by atoms with Gasteiger partial charge >= 0.3 is 0 Å². The Labute approximate surface area is 118 Å². The Bertz CT molecular complexity index is 585. The van der Waals surface area contributed by atoms with Crippen LogP contribution < -0.4 is 5.32 Å². The molecule has 19 heavy (non-hydrogen) atoms. The van der Waals surface area contributed by atoms with E-state index in [1.54, 1.807) is 12.1 Å². The molecule has 0 spiro atoms. The molecule has 0 saturated heterocycles. The van der Waals surface area contributed by atoms with E-state index in [1.807, 2.05) is 33.0 Å². The van der Waals surface area contributed by atoms with Crippen molar-refractivity contribution in [3.8, 4) is 11.1 Å². The first kappa shape index (κ1) is 14.0. The third kappa shape index (κ3) is 2.96. The number of nitrogens with one attached hydrogen (secondary N) is 1. The molecule has 0 saturated carbocycles. The van der Waals surface area contributed by atoms with Gasteiger partial charge < -0.3 is 5.32 Å². The summed E-state index contributed by atoms with van der Waals surface area (Å²) >= 11 is 6.17. The first-order valence-corrected chi connectivity index (χ1v) is 6.61. The molecule has 0 aliphatic heterocycles. The maximum atomic E-state index is 13.4. The lowest BCUT2D eigenvalue weighted by Crippen LogP contribution is -2.05. The van der Waals surface area contributed by atoms with Gasteiger partial charge in [0.15, 0.2) is 0 Å². The van der Waals surface area contributed by atoms with Gasteiger partial charge in [0.05, 0.1) is 0 Å². The molecule has 1 nitrogen and oxygen atoms in total. The summed E-state index contributed by atoms with van der Waals surface area (Å²) in [5, 5.41) is 3.84. The van der Waals surface area contributed by atoms with Gasteiger partial charge in [0.2, 0.25) is 0 Å². The van der Waals surface area contributed by atoms with Crippen molar-refractivity contribution in [2.75, 3.05) is 7.05 Å². The normalized spacial score (nSPS) is 10.8. The Morgan fingerprint density at radius 3 is 2.32 bits per heavy atom. The first-order valence-electron chi connectivity index (χ1n) is 6.23. The van der Waals surface area contributed by atoms with E-state index in [1.165, 1.54) is 0 Å². The van der Waals surface area contributed by atoms with Crippen LogP contribution in [-0.4, -0.2) is 7.05 Å². The van der Waals surface area contributed by atoms with Gasteiger partial charge in [0.1, 0.15) is 5.82 Å². The van der Waals surface area contributed by atoms with Gasteiger partial charge in [-0.3, -0.25) is 0 Å². The molecule has 0 radical (unpaired) electrons. The lowest BCUT2D eigenvalue weighted by atomic mass is 9.94. The van der Waals surface area contributed by atoms with E-state index < -0.39 is 0 Å². The zero-order valence-electron chi connectivity index (χ0n) is 11.3. The summed E-state index contributed by atoms with van der Waals surface area (Å²) in [5.41, 5.74) is 5.08. The summed E-state index contributed by atoms with van der Waals surface area (Å²) in [6.45, 7) is 4.57. The highest BCUT2D eigenvalue weighted by molar-refractivity contribution is 6.31. The van der Waals surface area contributed by atoms with Crippen molar-refractivity contribution >= 4 is 11.6 Å². The van der Waals surface area contributed by atoms with E-state index in [4.69, 9.17) is 11.6 Å². The molecule has 2 aromatic carbocycles. The summed E-state index contributed by atoms with van der Waals surface area (Å²) < 4.78 is 13.4. The smallest absolute Gasteiger partial charge is 0.123 e. The summed E-state index contributed by atoms with van der Waals surface area (Å²) in [5.74, 6) is -0.192. The SMILES string of the molecule is CNCc1cc(-c2c(C)cc(F)cc2C)ccc1Cl. The van der Waals surface area contributed by atoms with Crippen LogP contribution in [-0.2, 0) is 6.54 Å². The van der Waals surface area contributed by atoms with Gasteiger partial charge in [-0.25, -0.2) is 4.39 Å². The molecule has 0 unspecified atom stereocenters. The second-order valence-corrected chi connectivity index (χ2v) is 5.16. The highest BCUT2D eigenvalue weighted by atomic mass is 35.5. The average molecular weight is 278 g/mol. The second-order valence-electron chi connectivity index (χ2n) is 4.75. The maximum absolute atomic E-state index is 13.4. The highest BCUT2D eigenvalue weighted by Gasteiger charge is 2.09. The largest absolute Gasteiger partial charge is 0.316 e. The third-order valence-corrected chi connectivity index (χ3v) is 3.57. The average Bonchev–Trinajstić information content (AvgIpc) is 2.32. The molecule has 1 N–H and O–H groups in total. The van der Waals surface area contributed by atoms with Crippen molar-refractivity contribution in [2.24, 2.45) is 0 Å². The Hall–Kier alpha value is -1.38. The van der Waals surface area contributed by atoms with Gasteiger partial charge in [-0.1, -0.05) is 17.7 Å². The molecule has 0 heterocycles. The van der Waals surface area contributed by atoms with Gasteiger partial charge in [0.25, 0.3) is 0 Å². The topological polar surface area (TPSA) is 12.0 Å². The molecule has 100 valence electrons. The maximum Gasteiger partial charge on any atom is 0.123 e. The molecule has 0 atom stereocenters. The predicted molar refractivity (Wildman–Crippen MR) is 79.1 cm³/mol. The van der Waals surface area contributed by atoms with Crippen LogP contribution in [0.15, 0.2) is 30.3 Å². The zero-order valence-corrected chi connectivity index (χ0v) is 12.1. The molecule has 0 aromatic heterocycles. The van der Waals surface area contributed by atoms with Crippen LogP contribution in [0.3, 0.4) is 0 Å². The Morgan fingerprint density at radius 2 is 1.74 bits per heavy atom. The lowest BCUT2D eigenvalue weighted by Gasteiger charge is -2.13. The fourth-order valence-electron chi connectivity index (χ4n) is 2.42. The number of rotatable bonds is 3. The van der Waals surface area contributed by atoms with E-state index in [9.17, 15) is 4.39 Å². The molecule has 0 bridgehead atoms. The lowest BCUT2D eigenvalue weighted by molar-refractivity contribution is 0.625. The van der Waals surface area contributed by atoms with E-state index in [0.29, 0.717) is 6.54 Å². The minimum absolute atomic E-state index is 0.192. The van der Waals surface area contributed by atoms with Crippen LogP contribution in [0.25, 0.3) is 11.1 Å². The van der Waals surface area contributed by atoms with E-state index in [2.05, 4.69) is 11.4 Å². The molecular formula is C16H17ClFN. The van der Waals surface area contributed by atoms with E-state index in [-0.39, 0.29) is 5.82 Å². The van der Waals surface area contributed by atoms with Gasteiger partial charge in [-0.2, -0.15) is 0 Å². The quantitative estimate of drug-likeness (QED) is 0.872. The predicted octanol–water partition coefficient (Wildman–Crippen LogP) is 4.48. The highest BCUT2D eigenvalue weighted by Crippen LogP contribution is 2.30. The summed E-state index contributed by atoms with van der Waals surface area (Å²) in [7, 11) is 1.89. The zero-order chi connectivity index (χ0) is 14.0. The standard InChI is InChI=1S/C16H17ClFN/c1-10-6-14(18)7-11(2)16(10)12-4-5-15(17)13(8-12)9-19-3/h4-8,19H,9H2,1-3H3. The Morgan fingerprint density at radius 1 is 1.11 bits per heavy atom. The summed E-state index contributed by atoms with van der Waals surface area (Å²) in [4.78, 5) is 0. The van der Waals surface area contributed by atoms with Crippen molar-refractivity contribution in [3.63, 3.8) is 0 Å². The first-order chi connectivity index (χ1) is 9.02. The van der Waals surface area contributed by atoms with E-state index >= 15 is 0 Å². The number of hydrogen-bond donors (Lipinski definition) is 1. The fourth-order valence-corrected chi connectivity index (χ4v) is 2.61. The van der Waals surface area contributed by atoms with Crippen LogP contribution in [0, 0.1) is 19.7 Å². The van der Waals surface area contributed by atoms with Gasteiger partial charge in [-0.05, 0) is 73.0 Å². The molecule has 0 amide bonds. The minimum atomic E-state index is -0.192. The van der Waals surface area contributed by atoms with Crippen molar-refractivity contribution in [2.45, 2.75) is 20.4 Å². The van der Waals surface area contributed by atoms with Crippen molar-refractivity contribution in [3.05, 3.63) is 57.9 Å². The van der Waals surface area contributed by atoms with Crippen LogP contribution in [0.5, 0.6) is 0 Å². The number of aryl methyl sites for hydroxylation is 2. The second kappa shape index (κ2) is 5.72. The molecular weight excluding hydrogens is 261 g/mol. The van der Waals surface area contributed by atoms with Gasteiger partial charge in [-0.15, -0.1) is 0 Å². The van der Waals surface area contributed by atoms with Crippen molar-refractivity contribution < 1.29 is 4.39 Å². The molecule has 0 fully saturated rings. The van der Waals surface area contributed by atoms with Crippen molar-refractivity contribution in [1.82, 2.24) is 5.32 Å². The van der Waals surface area contributed by atoms with Crippen molar-refractivity contribution in [1.29, 1.82) is 0 Å². The fraction of sp³-hybridized carbons (Fsp3) is 0.250. The monoisotopic (exact) mass is 277 g/mol. The molecule has 2 rings (SSSR count). The van der Waals surface area contributed by atoms with Crippen LogP contribution in [0.4, 0.5) is 4.39 Å². The summed E-state index contributed by atoms with van der Waals surface area (Å²) in [6, 6.07) is 9.07. The Kier molecular flexibility index (Phi) is 4.23. The summed E-state index contributed by atoms with van der Waals surface area (Å²) in [6.07, 6.45) is 0. The van der Waals surface area contributed by atoms with Crippen LogP contribution in [0.2, 0.25) is 5.02 Å². The number of hydrogen-bond acceptors (Lipinski definition) is 1. The molecule has 3 heteroatoms. The Balaban J connectivity index is 2.56. The van der Waals surface area contributed by atoms with Crippen LogP contribution in [0.1, 0.15) is 16.7 Å². The molecule has 0 aliphatic rings. The van der Waals surface area contributed by atoms with E-state index in [0.717, 1.165) is 32.8 Å². The third-order valence-electron chi connectivity index (χ3n) is 3.20. The molecule has 0 aliphatic carbocycles. The minimum Gasteiger partial charge on any atom is -0.316 e. The number of halogens is 2. The van der Waals surface area contributed by atoms with Crippen LogP contribution >= 0.6 is 11.6 Å². The van der Waals surface area contributed by atoms with Gasteiger partial charge in [0, 0.05) is 11.6 Å².